The lowest BCUT2D eigenvalue weighted by Crippen LogP contribution is -2.27. The maximum Gasteiger partial charge on any atom is 0.511 e. The zero-order chi connectivity index (χ0) is 40.5. The molecular weight excluding hydrogens is 708 g/mol. The van der Waals surface area contributed by atoms with Crippen LogP contribution in [0.2, 0.25) is 0 Å². The number of carboxylic acid groups (broad SMARTS) is 2. The summed E-state index contributed by atoms with van der Waals surface area (Å²) in [5.41, 5.74) is 0.487. The van der Waals surface area contributed by atoms with Crippen LogP contribution in [0.4, 0.5) is 4.79 Å². The highest BCUT2D eigenvalue weighted by Crippen LogP contribution is 2.38. The van der Waals surface area contributed by atoms with Gasteiger partial charge >= 0.3 is 24.1 Å². The van der Waals surface area contributed by atoms with Crippen molar-refractivity contribution in [1.29, 1.82) is 0 Å². The quantitative estimate of drug-likeness (QED) is 0.0249. The molecule has 12 nitrogen and oxygen atoms in total. The van der Waals surface area contributed by atoms with Gasteiger partial charge in [0.05, 0.1) is 18.3 Å². The zero-order valence-corrected chi connectivity index (χ0v) is 32.3. The van der Waals surface area contributed by atoms with Crippen molar-refractivity contribution < 1.29 is 58.9 Å². The SMILES string of the molecule is CC(OC(=O)CCC/C=C\C[C@@H]1[C@@H](CC[C@@H](O)CCc2ccccc2)[C@H](O)C[C@@H]1O)OC(=O)OCC(C)(CC#CCCCC(=O)O)CC#CCCCC(=O)O. The van der Waals surface area contributed by atoms with Gasteiger partial charge < -0.3 is 39.7 Å². The molecule has 5 N–H and O–H groups in total. The number of carbonyl (C=O) groups is 4. The van der Waals surface area contributed by atoms with Gasteiger partial charge in [-0.15, -0.1) is 23.7 Å². The number of esters is 1. The summed E-state index contributed by atoms with van der Waals surface area (Å²) >= 11 is 0. The molecule has 1 unspecified atom stereocenters. The highest BCUT2D eigenvalue weighted by atomic mass is 16.8. The van der Waals surface area contributed by atoms with E-state index in [0.717, 1.165) is 6.42 Å². The topological polar surface area (TPSA) is 197 Å². The number of carboxylic acids is 2. The molecule has 1 aromatic rings. The fourth-order valence-corrected chi connectivity index (χ4v) is 6.37. The van der Waals surface area contributed by atoms with E-state index >= 15 is 0 Å². The lowest BCUT2D eigenvalue weighted by atomic mass is 9.84. The Kier molecular flexibility index (Phi) is 22.5. The summed E-state index contributed by atoms with van der Waals surface area (Å²) in [6.45, 7) is 3.14. The third-order valence-corrected chi connectivity index (χ3v) is 9.55. The van der Waals surface area contributed by atoms with E-state index in [1.165, 1.54) is 12.5 Å². The van der Waals surface area contributed by atoms with Crippen LogP contribution < -0.4 is 0 Å². The Hall–Kier alpha value is -4.36. The Morgan fingerprint density at radius 1 is 0.836 bits per heavy atom. The van der Waals surface area contributed by atoms with E-state index in [4.69, 9.17) is 24.4 Å². The summed E-state index contributed by atoms with van der Waals surface area (Å²) in [6, 6.07) is 9.99. The molecule has 1 aliphatic rings. The van der Waals surface area contributed by atoms with Crippen LogP contribution in [-0.4, -0.2) is 80.8 Å². The van der Waals surface area contributed by atoms with Gasteiger partial charge in [0.1, 0.15) is 6.61 Å². The van der Waals surface area contributed by atoms with Crippen LogP contribution in [0.15, 0.2) is 42.5 Å². The summed E-state index contributed by atoms with van der Waals surface area (Å²) in [7, 11) is 0. The first-order chi connectivity index (χ1) is 26.3. The second-order valence-electron chi connectivity index (χ2n) is 14.6. The molecule has 0 amide bonds. The average molecular weight is 769 g/mol. The van der Waals surface area contributed by atoms with E-state index in [9.17, 15) is 34.5 Å². The summed E-state index contributed by atoms with van der Waals surface area (Å²) in [4.78, 5) is 46.2. The van der Waals surface area contributed by atoms with Crippen LogP contribution in [0.5, 0.6) is 0 Å². The van der Waals surface area contributed by atoms with Crippen molar-refractivity contribution in [3.63, 3.8) is 0 Å². The van der Waals surface area contributed by atoms with E-state index in [2.05, 4.69) is 23.7 Å². The third-order valence-electron chi connectivity index (χ3n) is 9.55. The maximum atomic E-state index is 12.4. The molecule has 0 saturated heterocycles. The van der Waals surface area contributed by atoms with Crippen molar-refractivity contribution in [3.8, 4) is 23.7 Å². The van der Waals surface area contributed by atoms with Gasteiger partial charge in [-0.05, 0) is 81.6 Å². The van der Waals surface area contributed by atoms with Gasteiger partial charge in [0.25, 0.3) is 0 Å². The molecule has 6 atom stereocenters. The number of benzene rings is 1. The summed E-state index contributed by atoms with van der Waals surface area (Å²) in [5.74, 6) is 9.33. The summed E-state index contributed by atoms with van der Waals surface area (Å²) < 4.78 is 15.7. The molecular formula is C43H60O12. The van der Waals surface area contributed by atoms with E-state index in [0.29, 0.717) is 83.5 Å². The van der Waals surface area contributed by atoms with Crippen molar-refractivity contribution >= 4 is 24.1 Å². The smallest absolute Gasteiger partial charge is 0.481 e. The highest BCUT2D eigenvalue weighted by molar-refractivity contribution is 5.69. The third kappa shape index (κ3) is 21.4. The van der Waals surface area contributed by atoms with Crippen molar-refractivity contribution in [2.24, 2.45) is 17.3 Å². The Bertz CT molecular complexity index is 1430. The van der Waals surface area contributed by atoms with Gasteiger partial charge in [-0.25, -0.2) is 4.79 Å². The monoisotopic (exact) mass is 768 g/mol. The molecule has 0 spiro atoms. The molecule has 2 rings (SSSR count). The number of hydrogen-bond acceptors (Lipinski definition) is 10. The number of aryl methyl sites for hydroxylation is 1. The minimum atomic E-state index is -1.19. The van der Waals surface area contributed by atoms with Crippen molar-refractivity contribution in [3.05, 3.63) is 48.0 Å². The molecule has 304 valence electrons. The number of aliphatic hydroxyl groups excluding tert-OH is 3. The molecule has 0 aromatic heterocycles. The molecule has 0 radical (unpaired) electrons. The second-order valence-corrected chi connectivity index (χ2v) is 14.6. The van der Waals surface area contributed by atoms with Crippen LogP contribution in [0.3, 0.4) is 0 Å². The van der Waals surface area contributed by atoms with Crippen LogP contribution in [0.1, 0.15) is 122 Å². The maximum absolute atomic E-state index is 12.4. The Balaban J connectivity index is 1.72. The normalized spacial score (nSPS) is 19.0. The van der Waals surface area contributed by atoms with Crippen LogP contribution in [-0.2, 0) is 35.0 Å². The largest absolute Gasteiger partial charge is 0.511 e. The molecule has 1 aromatic carbocycles. The number of aliphatic hydroxyl groups is 3. The van der Waals surface area contributed by atoms with E-state index in [1.807, 2.05) is 49.4 Å². The second kappa shape index (κ2) is 26.4. The molecule has 1 fully saturated rings. The molecule has 0 heterocycles. The minimum absolute atomic E-state index is 0.0198. The number of aliphatic carboxylic acids is 2. The highest BCUT2D eigenvalue weighted by Gasteiger charge is 2.40. The molecule has 1 saturated carbocycles. The molecule has 1 aliphatic carbocycles. The first kappa shape index (κ1) is 46.8. The fraction of sp³-hybridized carbons (Fsp3) is 0.628. The van der Waals surface area contributed by atoms with Crippen LogP contribution in [0, 0.1) is 40.9 Å². The van der Waals surface area contributed by atoms with Gasteiger partial charge in [0.15, 0.2) is 0 Å². The Labute approximate surface area is 325 Å². The number of ether oxygens (including phenoxy) is 3. The van der Waals surface area contributed by atoms with E-state index < -0.39 is 54.1 Å². The molecule has 0 bridgehead atoms. The average Bonchev–Trinajstić information content (AvgIpc) is 3.40. The fourth-order valence-electron chi connectivity index (χ4n) is 6.37. The number of allylic oxidation sites excluding steroid dienone is 2. The standard InChI is InChI=1S/C43H60O12/c1-32(55-42(52)53-31-43(2,28-16-7-5-13-21-39(47)48)29-17-8-6-14-22-40(49)50)54-41(51)23-15-4-3-12-20-35-36(38(46)30-37(35)45)27-26-34(44)25-24-33-18-10-9-11-19-33/h3,9-12,18-19,32,34-38,44-46H,4-6,13-15,20-31H2,1-2H3,(H,47,48)(H,49,50)/b12-3-/t32?,34-,35+,36+,37-,38+/m0/s1. The molecule has 55 heavy (non-hydrogen) atoms. The minimum Gasteiger partial charge on any atom is -0.481 e. The van der Waals surface area contributed by atoms with Crippen molar-refractivity contribution in [2.75, 3.05) is 6.61 Å². The van der Waals surface area contributed by atoms with Crippen LogP contribution in [0.25, 0.3) is 0 Å². The van der Waals surface area contributed by atoms with Crippen molar-refractivity contribution in [2.45, 2.75) is 148 Å². The lowest BCUT2D eigenvalue weighted by Gasteiger charge is -2.25. The van der Waals surface area contributed by atoms with Crippen LogP contribution >= 0.6 is 0 Å². The Morgan fingerprint density at radius 3 is 2.07 bits per heavy atom. The predicted molar refractivity (Wildman–Crippen MR) is 205 cm³/mol. The van der Waals surface area contributed by atoms with E-state index in [-0.39, 0.29) is 37.7 Å². The number of unbranched alkanes of at least 4 members (excludes halogenated alkanes) is 3. The summed E-state index contributed by atoms with van der Waals surface area (Å²) in [6.07, 6.45) is 6.97. The van der Waals surface area contributed by atoms with Gasteiger partial charge in [-0.3, -0.25) is 14.4 Å². The summed E-state index contributed by atoms with van der Waals surface area (Å²) in [5, 5.41) is 49.3. The first-order valence-electron chi connectivity index (χ1n) is 19.4. The Morgan fingerprint density at radius 2 is 1.45 bits per heavy atom. The number of hydrogen-bond donors (Lipinski definition) is 5. The number of carbonyl (C=O) groups excluding carboxylic acids is 2. The first-order valence-corrected chi connectivity index (χ1v) is 19.4. The van der Waals surface area contributed by atoms with Gasteiger partial charge in [-0.2, -0.15) is 0 Å². The zero-order valence-electron chi connectivity index (χ0n) is 32.3. The lowest BCUT2D eigenvalue weighted by molar-refractivity contribution is -0.168. The van der Waals surface area contributed by atoms with Gasteiger partial charge in [-0.1, -0.05) is 49.4 Å². The van der Waals surface area contributed by atoms with Crippen molar-refractivity contribution in [1.82, 2.24) is 0 Å². The predicted octanol–water partition coefficient (Wildman–Crippen LogP) is 6.58. The number of rotatable bonds is 24. The van der Waals surface area contributed by atoms with Gasteiger partial charge in [0.2, 0.25) is 6.29 Å². The molecule has 0 aliphatic heterocycles. The molecule has 12 heteroatoms. The van der Waals surface area contributed by atoms with E-state index in [1.54, 1.807) is 0 Å². The van der Waals surface area contributed by atoms with Gasteiger partial charge in [0, 0.05) is 57.3 Å².